The quantitative estimate of drug-likeness (QED) is 0.870. The number of fused-ring (bicyclic) bond motifs is 2. The predicted octanol–water partition coefficient (Wildman–Crippen LogP) is 2.26. The summed E-state index contributed by atoms with van der Waals surface area (Å²) < 4.78 is 5.21. The first-order chi connectivity index (χ1) is 8.74. The highest BCUT2D eigenvalue weighted by molar-refractivity contribution is 5.49. The Hall–Kier alpha value is -1.22. The molecule has 2 bridgehead atoms. The average Bonchev–Trinajstić information content (AvgIpc) is 2.37. The summed E-state index contributed by atoms with van der Waals surface area (Å²) in [5, 5.41) is 0. The maximum Gasteiger partial charge on any atom is 0.119 e. The third kappa shape index (κ3) is 2.32. The van der Waals surface area contributed by atoms with Gasteiger partial charge in [-0.05, 0) is 55.4 Å². The van der Waals surface area contributed by atoms with E-state index in [1.807, 2.05) is 12.1 Å². The number of hydrogen-bond acceptors (Lipinski definition) is 3. The van der Waals surface area contributed by atoms with Crippen LogP contribution in [0.5, 0.6) is 5.75 Å². The maximum absolute atomic E-state index is 6.11. The van der Waals surface area contributed by atoms with E-state index in [0.29, 0.717) is 6.04 Å². The molecule has 0 spiro atoms. The third-order valence-electron chi connectivity index (χ3n) is 4.33. The van der Waals surface area contributed by atoms with Gasteiger partial charge in [-0.2, -0.15) is 0 Å². The fraction of sp³-hybridized carbons (Fsp3) is 0.600. The number of methoxy groups -OCH3 is 1. The average molecular weight is 246 g/mol. The van der Waals surface area contributed by atoms with Gasteiger partial charge >= 0.3 is 0 Å². The number of hydrogen-bond donors (Lipinski definition) is 1. The van der Waals surface area contributed by atoms with Gasteiger partial charge in [0.2, 0.25) is 0 Å². The van der Waals surface area contributed by atoms with Gasteiger partial charge in [-0.1, -0.05) is 0 Å². The minimum absolute atomic E-state index is 0.437. The van der Waals surface area contributed by atoms with Crippen LogP contribution >= 0.6 is 0 Å². The second kappa shape index (κ2) is 4.81. The van der Waals surface area contributed by atoms with E-state index in [1.54, 1.807) is 7.11 Å². The van der Waals surface area contributed by atoms with Crippen LogP contribution in [0.2, 0.25) is 0 Å². The molecule has 1 aliphatic heterocycles. The topological polar surface area (TPSA) is 38.5 Å². The molecular formula is C15H22N2O. The lowest BCUT2D eigenvalue weighted by molar-refractivity contribution is 0.208. The van der Waals surface area contributed by atoms with Gasteiger partial charge in [-0.25, -0.2) is 0 Å². The van der Waals surface area contributed by atoms with Crippen LogP contribution < -0.4 is 15.4 Å². The second-order valence-electron chi connectivity index (χ2n) is 5.80. The minimum atomic E-state index is 0.437. The Morgan fingerprint density at radius 2 is 1.67 bits per heavy atom. The van der Waals surface area contributed by atoms with Crippen LogP contribution in [-0.4, -0.2) is 26.2 Å². The molecule has 0 amide bonds. The first-order valence-corrected chi connectivity index (χ1v) is 6.89. The standard InChI is InChI=1S/C15H22N2O/c1-18-15-4-2-14(3-5-15)17-9-11-6-12(10-17)8-13(16)7-11/h2-5,11-13H,6-10,16H2,1H3. The van der Waals surface area contributed by atoms with Crippen LogP contribution in [0, 0.1) is 11.8 Å². The Labute approximate surface area is 109 Å². The Balaban J connectivity index is 1.73. The van der Waals surface area contributed by atoms with Crippen molar-refractivity contribution in [3.05, 3.63) is 24.3 Å². The minimum Gasteiger partial charge on any atom is -0.497 e. The van der Waals surface area contributed by atoms with E-state index < -0.39 is 0 Å². The highest BCUT2D eigenvalue weighted by Crippen LogP contribution is 2.36. The van der Waals surface area contributed by atoms with Crippen LogP contribution in [-0.2, 0) is 0 Å². The van der Waals surface area contributed by atoms with Gasteiger partial charge in [-0.15, -0.1) is 0 Å². The van der Waals surface area contributed by atoms with Crippen LogP contribution in [0.15, 0.2) is 24.3 Å². The van der Waals surface area contributed by atoms with Crippen molar-refractivity contribution in [2.45, 2.75) is 25.3 Å². The SMILES string of the molecule is COc1ccc(N2CC3CC(N)CC(C3)C2)cc1. The predicted molar refractivity (Wildman–Crippen MR) is 74.0 cm³/mol. The normalized spacial score (nSPS) is 31.2. The lowest BCUT2D eigenvalue weighted by Gasteiger charge is -2.44. The lowest BCUT2D eigenvalue weighted by Crippen LogP contribution is -2.47. The number of rotatable bonds is 2. The number of nitrogens with zero attached hydrogens (tertiary/aromatic N) is 1. The smallest absolute Gasteiger partial charge is 0.119 e. The molecule has 1 aliphatic carbocycles. The lowest BCUT2D eigenvalue weighted by atomic mass is 9.75. The van der Waals surface area contributed by atoms with Gasteiger partial charge in [0.15, 0.2) is 0 Å². The molecule has 1 saturated carbocycles. The second-order valence-corrected chi connectivity index (χ2v) is 5.80. The van der Waals surface area contributed by atoms with Crippen LogP contribution in [0.1, 0.15) is 19.3 Å². The molecule has 2 N–H and O–H groups in total. The summed E-state index contributed by atoms with van der Waals surface area (Å²) in [6.07, 6.45) is 3.77. The number of nitrogens with two attached hydrogens (primary N) is 1. The molecule has 2 atom stereocenters. The summed E-state index contributed by atoms with van der Waals surface area (Å²) in [5.41, 5.74) is 7.43. The first kappa shape index (κ1) is 11.8. The summed E-state index contributed by atoms with van der Waals surface area (Å²) in [4.78, 5) is 2.52. The van der Waals surface area contributed by atoms with E-state index in [9.17, 15) is 0 Å². The Bertz CT molecular complexity index is 385. The summed E-state index contributed by atoms with van der Waals surface area (Å²) in [6.45, 7) is 2.33. The maximum atomic E-state index is 6.11. The van der Waals surface area contributed by atoms with Crippen molar-refractivity contribution >= 4 is 5.69 Å². The van der Waals surface area contributed by atoms with Crippen molar-refractivity contribution in [3.8, 4) is 5.75 Å². The summed E-state index contributed by atoms with van der Waals surface area (Å²) in [6, 6.07) is 8.86. The van der Waals surface area contributed by atoms with Crippen molar-refractivity contribution < 1.29 is 4.74 Å². The molecule has 2 aliphatic rings. The zero-order valence-electron chi connectivity index (χ0n) is 11.0. The molecule has 0 aromatic heterocycles. The van der Waals surface area contributed by atoms with Crippen molar-refractivity contribution in [1.82, 2.24) is 0 Å². The highest BCUT2D eigenvalue weighted by Gasteiger charge is 2.33. The van der Waals surface area contributed by atoms with Crippen molar-refractivity contribution in [3.63, 3.8) is 0 Å². The van der Waals surface area contributed by atoms with Gasteiger partial charge in [0.1, 0.15) is 5.75 Å². The molecule has 1 heterocycles. The molecule has 2 unspecified atom stereocenters. The Morgan fingerprint density at radius 3 is 2.22 bits per heavy atom. The Morgan fingerprint density at radius 1 is 1.06 bits per heavy atom. The number of benzene rings is 1. The van der Waals surface area contributed by atoms with Crippen molar-refractivity contribution in [2.24, 2.45) is 17.6 Å². The van der Waals surface area contributed by atoms with E-state index in [0.717, 1.165) is 30.7 Å². The summed E-state index contributed by atoms with van der Waals surface area (Å²) in [5.74, 6) is 2.50. The largest absolute Gasteiger partial charge is 0.497 e. The number of piperidine rings is 1. The molecule has 3 heteroatoms. The molecule has 3 nitrogen and oxygen atoms in total. The van der Waals surface area contributed by atoms with Crippen molar-refractivity contribution in [1.29, 1.82) is 0 Å². The van der Waals surface area contributed by atoms with Crippen LogP contribution in [0.4, 0.5) is 5.69 Å². The zero-order valence-corrected chi connectivity index (χ0v) is 11.0. The van der Waals surface area contributed by atoms with Gasteiger partial charge in [0.25, 0.3) is 0 Å². The monoisotopic (exact) mass is 246 g/mol. The highest BCUT2D eigenvalue weighted by atomic mass is 16.5. The molecule has 0 radical (unpaired) electrons. The van der Waals surface area contributed by atoms with Gasteiger partial charge in [-0.3, -0.25) is 0 Å². The van der Waals surface area contributed by atoms with E-state index in [-0.39, 0.29) is 0 Å². The summed E-state index contributed by atoms with van der Waals surface area (Å²) in [7, 11) is 1.71. The molecular weight excluding hydrogens is 224 g/mol. The van der Waals surface area contributed by atoms with Gasteiger partial charge < -0.3 is 15.4 Å². The zero-order chi connectivity index (χ0) is 12.5. The molecule has 1 aromatic carbocycles. The molecule has 98 valence electrons. The molecule has 18 heavy (non-hydrogen) atoms. The number of anilines is 1. The van der Waals surface area contributed by atoms with Crippen LogP contribution in [0.25, 0.3) is 0 Å². The van der Waals surface area contributed by atoms with E-state index in [2.05, 4.69) is 17.0 Å². The molecule has 3 rings (SSSR count). The Kier molecular flexibility index (Phi) is 3.16. The van der Waals surface area contributed by atoms with E-state index in [1.165, 1.54) is 24.9 Å². The molecule has 1 saturated heterocycles. The fourth-order valence-electron chi connectivity index (χ4n) is 3.62. The fourth-order valence-corrected chi connectivity index (χ4v) is 3.62. The van der Waals surface area contributed by atoms with Gasteiger partial charge in [0, 0.05) is 24.8 Å². The van der Waals surface area contributed by atoms with Crippen molar-refractivity contribution in [2.75, 3.05) is 25.1 Å². The summed E-state index contributed by atoms with van der Waals surface area (Å²) >= 11 is 0. The van der Waals surface area contributed by atoms with E-state index >= 15 is 0 Å². The first-order valence-electron chi connectivity index (χ1n) is 6.89. The van der Waals surface area contributed by atoms with E-state index in [4.69, 9.17) is 10.5 Å². The third-order valence-corrected chi connectivity index (χ3v) is 4.33. The van der Waals surface area contributed by atoms with Gasteiger partial charge in [0.05, 0.1) is 7.11 Å². The molecule has 1 aromatic rings. The van der Waals surface area contributed by atoms with Crippen LogP contribution in [0.3, 0.4) is 0 Å². The molecule has 2 fully saturated rings. The number of ether oxygens (including phenoxy) is 1.